The van der Waals surface area contributed by atoms with Crippen LogP contribution in [0.25, 0.3) is 0 Å². The Morgan fingerprint density at radius 2 is 2.11 bits per heavy atom. The van der Waals surface area contributed by atoms with E-state index >= 15 is 0 Å². The molecule has 1 aromatic carbocycles. The number of aromatic nitrogens is 1. The molecule has 0 bridgehead atoms. The lowest BCUT2D eigenvalue weighted by molar-refractivity contribution is 0.00449. The lowest BCUT2D eigenvalue weighted by Gasteiger charge is -2.37. The van der Waals surface area contributed by atoms with Gasteiger partial charge in [-0.15, -0.1) is 0 Å². The predicted octanol–water partition coefficient (Wildman–Crippen LogP) is 2.94. The number of alkyl halides is 3. The van der Waals surface area contributed by atoms with Crippen molar-refractivity contribution in [3.05, 3.63) is 53.0 Å². The van der Waals surface area contributed by atoms with Crippen molar-refractivity contribution in [1.82, 2.24) is 4.98 Å². The molecule has 0 amide bonds. The molecule has 0 radical (unpaired) electrons. The highest BCUT2D eigenvalue weighted by Crippen LogP contribution is 2.38. The van der Waals surface area contributed by atoms with Gasteiger partial charge >= 0.3 is 0 Å². The number of aliphatic imine (C=N–C) groups is 1. The van der Waals surface area contributed by atoms with Gasteiger partial charge in [-0.25, -0.2) is 27.5 Å². The number of benzene rings is 1. The summed E-state index contributed by atoms with van der Waals surface area (Å²) in [6.45, 7) is -0.859. The zero-order valence-corrected chi connectivity index (χ0v) is 14.8. The number of nitrogens with zero attached hydrogens (tertiary/aromatic N) is 2. The molecule has 1 aromatic heterocycles. The number of hydrogen-bond acceptors (Lipinski definition) is 6. The lowest BCUT2D eigenvalue weighted by Crippen LogP contribution is -2.50. The van der Waals surface area contributed by atoms with Crippen LogP contribution in [-0.2, 0) is 23.4 Å². The Morgan fingerprint density at radius 1 is 1.36 bits per heavy atom. The van der Waals surface area contributed by atoms with Crippen molar-refractivity contribution in [1.29, 1.82) is 0 Å². The number of rotatable bonds is 6. The van der Waals surface area contributed by atoms with Crippen LogP contribution in [0.15, 0.2) is 33.9 Å². The van der Waals surface area contributed by atoms with E-state index < -0.39 is 48.8 Å². The normalized spacial score (nSPS) is 24.5. The summed E-state index contributed by atoms with van der Waals surface area (Å²) in [4.78, 5) is 19.8. The van der Waals surface area contributed by atoms with E-state index in [1.165, 1.54) is 19.1 Å². The summed E-state index contributed by atoms with van der Waals surface area (Å²) in [5.41, 5.74) is 3.72. The third-order valence-corrected chi connectivity index (χ3v) is 4.52. The fraction of sp³-hybridized carbons (Fsp3) is 0.389. The zero-order valence-electron chi connectivity index (χ0n) is 14.8. The van der Waals surface area contributed by atoms with Crippen molar-refractivity contribution in [3.63, 3.8) is 0 Å². The van der Waals surface area contributed by atoms with E-state index in [1.54, 1.807) is 0 Å². The van der Waals surface area contributed by atoms with Gasteiger partial charge in [0.15, 0.2) is 24.7 Å². The average Bonchev–Trinajstić information content (AvgIpc) is 3.15. The minimum Gasteiger partial charge on any atom is -0.456 e. The van der Waals surface area contributed by atoms with E-state index in [9.17, 15) is 22.4 Å². The van der Waals surface area contributed by atoms with Crippen LogP contribution in [0, 0.1) is 5.82 Å². The molecular weight excluding hydrogens is 382 g/mol. The molecule has 3 atom stereocenters. The minimum atomic E-state index is -2.01. The highest BCUT2D eigenvalue weighted by atomic mass is 19.1. The van der Waals surface area contributed by atoms with E-state index in [1.807, 2.05) is 0 Å². The number of ether oxygens (including phenoxy) is 1. The number of amidine groups is 1. The maximum absolute atomic E-state index is 14.8. The molecule has 2 aromatic rings. The standard InChI is InChI=1S/C18H17F4N3O3/c1-18(16(22)14(6-19)28-17(23)25-18)10-4-9(2-3-11(10)21)5-13(26)12-8-27-15(7-20)24-12/h2-4,8,14,16H,5-7H2,1H3,(H2,23,25)/t14-,16+,18-/m1/s1. The summed E-state index contributed by atoms with van der Waals surface area (Å²) in [6, 6.07) is 3.19. The van der Waals surface area contributed by atoms with E-state index in [-0.39, 0.29) is 23.6 Å². The first-order valence-corrected chi connectivity index (χ1v) is 8.33. The van der Waals surface area contributed by atoms with Gasteiger partial charge in [0.05, 0.1) is 0 Å². The van der Waals surface area contributed by atoms with Crippen molar-refractivity contribution in [3.8, 4) is 0 Å². The van der Waals surface area contributed by atoms with Gasteiger partial charge in [-0.1, -0.05) is 6.07 Å². The van der Waals surface area contributed by atoms with Crippen LogP contribution >= 0.6 is 0 Å². The third-order valence-electron chi connectivity index (χ3n) is 4.52. The van der Waals surface area contributed by atoms with Gasteiger partial charge in [-0.05, 0) is 24.6 Å². The Balaban J connectivity index is 1.93. The number of ketones is 1. The number of halogens is 4. The molecule has 150 valence electrons. The molecule has 0 aliphatic carbocycles. The molecule has 1 aliphatic heterocycles. The summed E-state index contributed by atoms with van der Waals surface area (Å²) in [6.07, 6.45) is -2.73. The first-order valence-electron chi connectivity index (χ1n) is 8.33. The van der Waals surface area contributed by atoms with E-state index in [4.69, 9.17) is 14.9 Å². The Morgan fingerprint density at radius 3 is 2.75 bits per heavy atom. The van der Waals surface area contributed by atoms with Crippen LogP contribution in [0.4, 0.5) is 17.6 Å². The van der Waals surface area contributed by atoms with Crippen LogP contribution in [0.3, 0.4) is 0 Å². The van der Waals surface area contributed by atoms with Crippen LogP contribution < -0.4 is 5.73 Å². The topological polar surface area (TPSA) is 90.7 Å². The zero-order chi connectivity index (χ0) is 20.5. The Kier molecular flexibility index (Phi) is 5.39. The molecule has 2 N–H and O–H groups in total. The Bertz CT molecular complexity index is 917. The maximum Gasteiger partial charge on any atom is 0.283 e. The molecule has 2 heterocycles. The van der Waals surface area contributed by atoms with Crippen molar-refractivity contribution in [2.75, 3.05) is 6.67 Å². The Hall–Kier alpha value is -2.91. The molecule has 28 heavy (non-hydrogen) atoms. The fourth-order valence-electron chi connectivity index (χ4n) is 3.06. The summed E-state index contributed by atoms with van der Waals surface area (Å²) < 4.78 is 64.5. The molecule has 0 saturated carbocycles. The maximum atomic E-state index is 14.8. The van der Waals surface area contributed by atoms with Crippen molar-refractivity contribution in [2.24, 2.45) is 10.7 Å². The molecule has 0 fully saturated rings. The summed E-state index contributed by atoms with van der Waals surface area (Å²) >= 11 is 0. The van der Waals surface area contributed by atoms with Gasteiger partial charge in [-0.2, -0.15) is 0 Å². The summed E-state index contributed by atoms with van der Waals surface area (Å²) in [5, 5.41) is 0. The second-order valence-electron chi connectivity index (χ2n) is 6.48. The summed E-state index contributed by atoms with van der Waals surface area (Å²) in [7, 11) is 0. The molecule has 0 saturated heterocycles. The first-order chi connectivity index (χ1) is 13.3. The van der Waals surface area contributed by atoms with Crippen LogP contribution in [0.1, 0.15) is 34.4 Å². The van der Waals surface area contributed by atoms with Gasteiger partial charge in [0.2, 0.25) is 5.89 Å². The van der Waals surface area contributed by atoms with Crippen LogP contribution in [-0.4, -0.2) is 35.7 Å². The van der Waals surface area contributed by atoms with Gasteiger partial charge in [0.25, 0.3) is 6.02 Å². The summed E-state index contributed by atoms with van der Waals surface area (Å²) in [5.74, 6) is -1.53. The second-order valence-corrected chi connectivity index (χ2v) is 6.48. The van der Waals surface area contributed by atoms with Crippen molar-refractivity contribution >= 4 is 11.8 Å². The van der Waals surface area contributed by atoms with Gasteiger partial charge in [0, 0.05) is 12.0 Å². The molecule has 6 nitrogen and oxygen atoms in total. The number of hydrogen-bond donors (Lipinski definition) is 1. The van der Waals surface area contributed by atoms with Gasteiger partial charge in [0.1, 0.15) is 30.0 Å². The SMILES string of the molecule is C[C@]1(c2cc(CC(=O)c3coc(CF)n3)ccc2F)N=C(N)O[C@H](CF)[C@@H]1F. The Labute approximate surface area is 157 Å². The molecule has 1 aliphatic rings. The number of nitrogens with two attached hydrogens (primary N) is 1. The van der Waals surface area contributed by atoms with E-state index in [0.717, 1.165) is 12.3 Å². The second kappa shape index (κ2) is 7.61. The molecule has 0 unspecified atom stereocenters. The average molecular weight is 399 g/mol. The van der Waals surface area contributed by atoms with Crippen LogP contribution in [0.2, 0.25) is 0 Å². The fourth-order valence-corrected chi connectivity index (χ4v) is 3.06. The minimum absolute atomic E-state index is 0.0843. The first kappa shape index (κ1) is 19.8. The highest BCUT2D eigenvalue weighted by molar-refractivity contribution is 5.95. The molecule has 3 rings (SSSR count). The molecular formula is C18H17F4N3O3. The number of carbonyl (C=O) groups excluding carboxylic acids is 1. The largest absolute Gasteiger partial charge is 0.456 e. The van der Waals surface area contributed by atoms with E-state index in [0.29, 0.717) is 5.56 Å². The quantitative estimate of drug-likeness (QED) is 0.596. The number of oxazole rings is 1. The predicted molar refractivity (Wildman–Crippen MR) is 90.5 cm³/mol. The van der Waals surface area contributed by atoms with Gasteiger partial charge in [-0.3, -0.25) is 4.79 Å². The van der Waals surface area contributed by atoms with Gasteiger partial charge < -0.3 is 14.9 Å². The molecule has 10 heteroatoms. The van der Waals surface area contributed by atoms with Crippen molar-refractivity contribution < 1.29 is 31.5 Å². The smallest absolute Gasteiger partial charge is 0.283 e. The van der Waals surface area contributed by atoms with Crippen LogP contribution in [0.5, 0.6) is 0 Å². The number of Topliss-reactive ketones (excluding diaryl/α,β-unsaturated/α-hetero) is 1. The van der Waals surface area contributed by atoms with E-state index in [2.05, 4.69) is 9.98 Å². The monoisotopic (exact) mass is 399 g/mol. The highest BCUT2D eigenvalue weighted by Gasteiger charge is 2.48. The molecule has 0 spiro atoms. The van der Waals surface area contributed by atoms with Crippen molar-refractivity contribution in [2.45, 2.75) is 37.8 Å². The number of carbonyl (C=O) groups is 1. The lowest BCUT2D eigenvalue weighted by atomic mass is 9.83. The third kappa shape index (κ3) is 3.58.